The molecule has 30 heavy (non-hydrogen) atoms. The highest BCUT2D eigenvalue weighted by Crippen LogP contribution is 2.39. The van der Waals surface area contributed by atoms with Crippen molar-refractivity contribution >= 4 is 56.6 Å². The second kappa shape index (κ2) is 7.50. The molecule has 0 saturated heterocycles. The summed E-state index contributed by atoms with van der Waals surface area (Å²) in [6, 6.07) is 10.5. The quantitative estimate of drug-likeness (QED) is 0.403. The van der Waals surface area contributed by atoms with Crippen LogP contribution in [-0.4, -0.2) is 22.8 Å². The van der Waals surface area contributed by atoms with Crippen LogP contribution in [0.25, 0.3) is 10.2 Å². The van der Waals surface area contributed by atoms with Crippen molar-refractivity contribution in [3.63, 3.8) is 0 Å². The summed E-state index contributed by atoms with van der Waals surface area (Å²) in [5.74, 6) is -0.530. The predicted octanol–water partition coefficient (Wildman–Crippen LogP) is 4.96. The molecule has 0 spiro atoms. The fourth-order valence-corrected chi connectivity index (χ4v) is 5.29. The van der Waals surface area contributed by atoms with Crippen molar-refractivity contribution in [2.45, 2.75) is 18.5 Å². The lowest BCUT2D eigenvalue weighted by Crippen LogP contribution is -2.44. The number of carbonyl (C=O) groups excluding carboxylic acids is 2. The molecule has 2 atom stereocenters. The maximum absolute atomic E-state index is 12.9. The van der Waals surface area contributed by atoms with Gasteiger partial charge < -0.3 is 20.0 Å². The maximum Gasteiger partial charge on any atom is 0.268 e. The second-order valence-electron chi connectivity index (χ2n) is 7.06. The zero-order chi connectivity index (χ0) is 20.8. The van der Waals surface area contributed by atoms with Crippen LogP contribution >= 0.6 is 34.5 Å². The van der Waals surface area contributed by atoms with Crippen molar-refractivity contribution < 1.29 is 14.0 Å². The molecular weight excluding hydrogens is 445 g/mol. The van der Waals surface area contributed by atoms with E-state index in [9.17, 15) is 9.59 Å². The molecule has 0 saturated carbocycles. The van der Waals surface area contributed by atoms with Crippen molar-refractivity contribution in [1.82, 2.24) is 15.6 Å². The highest BCUT2D eigenvalue weighted by molar-refractivity contribution is 7.23. The van der Waals surface area contributed by atoms with Crippen molar-refractivity contribution in [1.29, 1.82) is 0 Å². The summed E-state index contributed by atoms with van der Waals surface area (Å²) in [5, 5.41) is 6.48. The minimum atomic E-state index is -0.360. The van der Waals surface area contributed by atoms with E-state index >= 15 is 0 Å². The molecule has 4 aromatic rings. The van der Waals surface area contributed by atoms with E-state index in [0.717, 1.165) is 15.8 Å². The molecule has 1 aliphatic carbocycles. The van der Waals surface area contributed by atoms with E-state index in [1.807, 2.05) is 24.3 Å². The van der Waals surface area contributed by atoms with E-state index in [1.54, 1.807) is 12.1 Å². The number of fused-ring (bicyclic) bond motifs is 2. The number of amides is 2. The Labute approximate surface area is 185 Å². The summed E-state index contributed by atoms with van der Waals surface area (Å²) in [4.78, 5) is 28.6. The number of aromatic nitrogens is 1. The topological polar surface area (TPSA) is 87.1 Å². The molecule has 3 N–H and O–H groups in total. The highest BCUT2D eigenvalue weighted by atomic mass is 35.5. The molecule has 0 fully saturated rings. The lowest BCUT2D eigenvalue weighted by Gasteiger charge is -2.22. The normalized spacial score (nSPS) is 17.8. The van der Waals surface area contributed by atoms with Gasteiger partial charge in [-0.15, -0.1) is 11.3 Å². The van der Waals surface area contributed by atoms with E-state index in [-0.39, 0.29) is 23.9 Å². The molecule has 9 heteroatoms. The van der Waals surface area contributed by atoms with Crippen molar-refractivity contribution in [3.05, 3.63) is 80.7 Å². The number of thiophene rings is 1. The fourth-order valence-electron chi connectivity index (χ4n) is 3.81. The minimum absolute atomic E-state index is 0.258. The van der Waals surface area contributed by atoms with Gasteiger partial charge in [0.05, 0.1) is 39.1 Å². The first-order chi connectivity index (χ1) is 14.5. The average molecular weight is 460 g/mol. The van der Waals surface area contributed by atoms with Crippen LogP contribution in [0.15, 0.2) is 53.3 Å². The third-order valence-corrected chi connectivity index (χ3v) is 7.17. The Morgan fingerprint density at radius 2 is 1.97 bits per heavy atom. The summed E-state index contributed by atoms with van der Waals surface area (Å²) in [7, 11) is 0. The van der Waals surface area contributed by atoms with Gasteiger partial charge in [0, 0.05) is 0 Å². The number of carbonyl (C=O) groups is 2. The number of H-pyrrole nitrogens is 1. The van der Waals surface area contributed by atoms with Crippen LogP contribution in [0, 0.1) is 0 Å². The molecule has 3 heterocycles. The second-order valence-corrected chi connectivity index (χ2v) is 9.09. The molecule has 0 bridgehead atoms. The first-order valence-electron chi connectivity index (χ1n) is 9.19. The first-order valence-corrected chi connectivity index (χ1v) is 10.8. The van der Waals surface area contributed by atoms with Gasteiger partial charge in [0.15, 0.2) is 0 Å². The van der Waals surface area contributed by atoms with Crippen LogP contribution in [0.1, 0.15) is 38.0 Å². The van der Waals surface area contributed by atoms with Gasteiger partial charge in [0.1, 0.15) is 16.3 Å². The molecule has 2 amide bonds. The third kappa shape index (κ3) is 3.29. The van der Waals surface area contributed by atoms with Crippen LogP contribution < -0.4 is 10.6 Å². The Balaban J connectivity index is 1.40. The molecule has 1 aliphatic rings. The third-order valence-electron chi connectivity index (χ3n) is 5.24. The van der Waals surface area contributed by atoms with Gasteiger partial charge >= 0.3 is 0 Å². The van der Waals surface area contributed by atoms with Gasteiger partial charge in [-0.1, -0.05) is 47.5 Å². The predicted molar refractivity (Wildman–Crippen MR) is 117 cm³/mol. The number of benzene rings is 1. The zero-order valence-electron chi connectivity index (χ0n) is 15.4. The molecule has 152 valence electrons. The lowest BCUT2D eigenvalue weighted by atomic mass is 10.1. The van der Waals surface area contributed by atoms with Crippen LogP contribution in [0.3, 0.4) is 0 Å². The van der Waals surface area contributed by atoms with Gasteiger partial charge in [-0.3, -0.25) is 9.59 Å². The van der Waals surface area contributed by atoms with Crippen molar-refractivity contribution in [3.8, 4) is 0 Å². The number of halogens is 2. The SMILES string of the molecule is O=C(N[C@@H]1c2ccccc2C[C@@H]1NC(=O)c1cc2sc(Cl)c(Cl)c2[nH]1)c1ccoc1. The van der Waals surface area contributed by atoms with Crippen molar-refractivity contribution in [2.75, 3.05) is 0 Å². The van der Waals surface area contributed by atoms with E-state index in [1.165, 1.54) is 23.9 Å². The molecule has 0 radical (unpaired) electrons. The van der Waals surface area contributed by atoms with Crippen LogP contribution in [0.5, 0.6) is 0 Å². The minimum Gasteiger partial charge on any atom is -0.472 e. The molecule has 1 aromatic carbocycles. The Bertz CT molecular complexity index is 1260. The standard InChI is InChI=1S/C21H15Cl2N3O3S/c22-16-18-15(30-19(16)23)8-14(24-18)21(28)25-13-7-10-3-1-2-4-12(10)17(13)26-20(27)11-5-6-29-9-11/h1-6,8-9,13,17,24H,7H2,(H,25,28)(H,26,27)/t13-,17+/m0/s1. The first kappa shape index (κ1) is 19.2. The van der Waals surface area contributed by atoms with Gasteiger partial charge in [-0.25, -0.2) is 0 Å². The molecule has 0 unspecified atom stereocenters. The van der Waals surface area contributed by atoms with Crippen LogP contribution in [0.2, 0.25) is 9.36 Å². The summed E-state index contributed by atoms with van der Waals surface area (Å²) in [6.07, 6.45) is 3.45. The Morgan fingerprint density at radius 3 is 2.73 bits per heavy atom. The highest BCUT2D eigenvalue weighted by Gasteiger charge is 2.35. The summed E-state index contributed by atoms with van der Waals surface area (Å²) in [6.45, 7) is 0. The zero-order valence-corrected chi connectivity index (χ0v) is 17.7. The summed E-state index contributed by atoms with van der Waals surface area (Å²) >= 11 is 13.5. The van der Waals surface area contributed by atoms with Gasteiger partial charge in [-0.05, 0) is 29.7 Å². The average Bonchev–Trinajstić information content (AvgIpc) is 3.50. The Morgan fingerprint density at radius 1 is 1.13 bits per heavy atom. The maximum atomic E-state index is 12.9. The van der Waals surface area contributed by atoms with Gasteiger partial charge in [-0.2, -0.15) is 0 Å². The van der Waals surface area contributed by atoms with E-state index in [0.29, 0.717) is 32.6 Å². The number of nitrogens with one attached hydrogen (secondary N) is 3. The van der Waals surface area contributed by atoms with Gasteiger partial charge in [0.2, 0.25) is 0 Å². The number of hydrogen-bond donors (Lipinski definition) is 3. The number of hydrogen-bond acceptors (Lipinski definition) is 4. The lowest BCUT2D eigenvalue weighted by molar-refractivity contribution is 0.0885. The van der Waals surface area contributed by atoms with Gasteiger partial charge in [0.25, 0.3) is 11.8 Å². The Kier molecular flexibility index (Phi) is 4.81. The summed E-state index contributed by atoms with van der Waals surface area (Å²) < 4.78 is 6.30. The molecular formula is C21H15Cl2N3O3S. The summed E-state index contributed by atoms with van der Waals surface area (Å²) in [5.41, 5.74) is 3.55. The molecule has 6 nitrogen and oxygen atoms in total. The van der Waals surface area contributed by atoms with E-state index in [2.05, 4.69) is 15.6 Å². The van der Waals surface area contributed by atoms with Crippen LogP contribution in [0.4, 0.5) is 0 Å². The largest absolute Gasteiger partial charge is 0.472 e. The molecule has 5 rings (SSSR count). The Hall–Kier alpha value is -2.74. The van der Waals surface area contributed by atoms with E-state index in [4.69, 9.17) is 27.6 Å². The number of aromatic amines is 1. The number of furan rings is 1. The fraction of sp³-hybridized carbons (Fsp3) is 0.143. The molecule has 3 aromatic heterocycles. The van der Waals surface area contributed by atoms with Crippen molar-refractivity contribution in [2.24, 2.45) is 0 Å². The molecule has 0 aliphatic heterocycles. The monoisotopic (exact) mass is 459 g/mol. The number of rotatable bonds is 4. The van der Waals surface area contributed by atoms with Crippen LogP contribution in [-0.2, 0) is 6.42 Å². The van der Waals surface area contributed by atoms with E-state index < -0.39 is 0 Å². The smallest absolute Gasteiger partial charge is 0.268 e.